The molecule has 8 heteroatoms. The highest BCUT2D eigenvalue weighted by molar-refractivity contribution is 7.93. The molecule has 2 aromatic heterocycles. The molecule has 1 aromatic carbocycles. The van der Waals surface area contributed by atoms with E-state index in [1.165, 1.54) is 12.8 Å². The first-order valence-corrected chi connectivity index (χ1v) is 12.1. The van der Waals surface area contributed by atoms with Gasteiger partial charge >= 0.3 is 0 Å². The van der Waals surface area contributed by atoms with Crippen molar-refractivity contribution < 1.29 is 13.2 Å². The lowest BCUT2D eigenvalue weighted by atomic mass is 10.1. The van der Waals surface area contributed by atoms with Crippen LogP contribution in [-0.2, 0) is 16.6 Å². The van der Waals surface area contributed by atoms with Crippen molar-refractivity contribution in [1.82, 2.24) is 9.55 Å². The second-order valence-corrected chi connectivity index (χ2v) is 10.4. The quantitative estimate of drug-likeness (QED) is 0.557. The Bertz CT molecular complexity index is 1250. The van der Waals surface area contributed by atoms with Gasteiger partial charge in [0.15, 0.2) is 0 Å². The topological polar surface area (TPSA) is 97.0 Å². The minimum absolute atomic E-state index is 0.263. The molecule has 3 aromatic rings. The predicted molar refractivity (Wildman–Crippen MR) is 121 cm³/mol. The molecule has 0 radical (unpaired) electrons. The maximum Gasteiger partial charge on any atom is 0.236 e. The molecule has 31 heavy (non-hydrogen) atoms. The van der Waals surface area contributed by atoms with E-state index in [9.17, 15) is 13.7 Å². The fourth-order valence-electron chi connectivity index (χ4n) is 3.61. The number of aromatic nitrogens is 2. The van der Waals surface area contributed by atoms with Crippen molar-refractivity contribution in [3.63, 3.8) is 0 Å². The van der Waals surface area contributed by atoms with Crippen LogP contribution >= 0.6 is 0 Å². The molecule has 1 N–H and O–H groups in total. The van der Waals surface area contributed by atoms with Crippen LogP contribution in [0.1, 0.15) is 39.2 Å². The van der Waals surface area contributed by atoms with Gasteiger partial charge in [0.05, 0.1) is 28.6 Å². The number of nitriles is 1. The molecular weight excluding hydrogens is 412 g/mol. The number of ether oxygens (including phenoxy) is 1. The van der Waals surface area contributed by atoms with Gasteiger partial charge in [-0.1, -0.05) is 0 Å². The van der Waals surface area contributed by atoms with E-state index in [1.807, 2.05) is 31.2 Å². The molecule has 1 saturated carbocycles. The van der Waals surface area contributed by atoms with Crippen molar-refractivity contribution in [2.45, 2.75) is 45.4 Å². The van der Waals surface area contributed by atoms with Gasteiger partial charge in [-0.05, 0) is 63.8 Å². The molecule has 0 aliphatic heterocycles. The molecule has 0 bridgehead atoms. The lowest BCUT2D eigenvalue weighted by Crippen LogP contribution is -2.22. The molecule has 4 rings (SSSR count). The van der Waals surface area contributed by atoms with Gasteiger partial charge < -0.3 is 9.30 Å². The van der Waals surface area contributed by atoms with Crippen molar-refractivity contribution in [3.8, 4) is 23.1 Å². The smallest absolute Gasteiger partial charge is 0.236 e. The second-order valence-electron chi connectivity index (χ2n) is 8.13. The number of rotatable bonds is 8. The highest BCUT2D eigenvalue weighted by Gasteiger charge is 2.27. The molecule has 1 aliphatic carbocycles. The molecule has 7 nitrogen and oxygen atoms in total. The molecule has 0 amide bonds. The van der Waals surface area contributed by atoms with Crippen LogP contribution < -0.4 is 9.46 Å². The minimum atomic E-state index is -3.47. The highest BCUT2D eigenvalue weighted by atomic mass is 32.2. The lowest BCUT2D eigenvalue weighted by Gasteiger charge is -2.13. The van der Waals surface area contributed by atoms with E-state index in [2.05, 4.69) is 20.3 Å². The maximum atomic E-state index is 12.1. The summed E-state index contributed by atoms with van der Waals surface area (Å²) in [6, 6.07) is 11.6. The molecule has 0 saturated heterocycles. The molecule has 0 atom stereocenters. The van der Waals surface area contributed by atoms with Gasteiger partial charge in [0, 0.05) is 29.8 Å². The number of anilines is 1. The van der Waals surface area contributed by atoms with Crippen LogP contribution in [0.5, 0.6) is 5.75 Å². The van der Waals surface area contributed by atoms with E-state index < -0.39 is 15.3 Å². The summed E-state index contributed by atoms with van der Waals surface area (Å²) in [7, 11) is -3.47. The number of nitrogens with zero attached hydrogens (tertiary/aromatic N) is 3. The second kappa shape index (κ2) is 8.23. The maximum absolute atomic E-state index is 12.1. The molecule has 1 fully saturated rings. The van der Waals surface area contributed by atoms with Crippen molar-refractivity contribution in [2.24, 2.45) is 5.92 Å². The van der Waals surface area contributed by atoms with E-state index in [-0.39, 0.29) is 5.82 Å². The van der Waals surface area contributed by atoms with Gasteiger partial charge in [0.1, 0.15) is 17.6 Å². The van der Waals surface area contributed by atoms with E-state index in [4.69, 9.17) is 4.74 Å². The van der Waals surface area contributed by atoms with Gasteiger partial charge in [-0.15, -0.1) is 0 Å². The summed E-state index contributed by atoms with van der Waals surface area (Å²) < 4.78 is 34.6. The molecule has 0 unspecified atom stereocenters. The van der Waals surface area contributed by atoms with Crippen LogP contribution in [0.15, 0.2) is 36.5 Å². The van der Waals surface area contributed by atoms with Crippen LogP contribution in [-0.4, -0.2) is 29.8 Å². The Hall–Kier alpha value is -3.05. The predicted octanol–water partition coefficient (Wildman–Crippen LogP) is 4.53. The molecule has 0 spiro atoms. The summed E-state index contributed by atoms with van der Waals surface area (Å²) in [5.74, 6) is 1.64. The standard InChI is InChI=1S/C23H26N4O3S/c1-4-30-18-8-9-19-20(12-24)23(27(21(19)11-18)14-16-5-6-16)17-7-10-22(25-13-17)26-31(28,29)15(2)3/h7-11,13,15-16H,4-6,14H2,1-3H3,(H,25,26). The van der Waals surface area contributed by atoms with Gasteiger partial charge in [-0.2, -0.15) is 5.26 Å². The molecule has 2 heterocycles. The first-order valence-electron chi connectivity index (χ1n) is 10.5. The van der Waals surface area contributed by atoms with Crippen LogP contribution in [0.25, 0.3) is 22.2 Å². The number of hydrogen-bond donors (Lipinski definition) is 1. The Kier molecular flexibility index (Phi) is 5.63. The Labute approximate surface area is 182 Å². The average molecular weight is 439 g/mol. The number of fused-ring (bicyclic) bond motifs is 1. The monoisotopic (exact) mass is 438 g/mol. The normalized spacial score (nSPS) is 14.0. The van der Waals surface area contributed by atoms with E-state index in [0.29, 0.717) is 18.1 Å². The summed E-state index contributed by atoms with van der Waals surface area (Å²) in [6.07, 6.45) is 3.99. The Balaban J connectivity index is 1.81. The van der Waals surface area contributed by atoms with E-state index >= 15 is 0 Å². The largest absolute Gasteiger partial charge is 0.494 e. The first kappa shape index (κ1) is 21.2. The fourth-order valence-corrected chi connectivity index (χ4v) is 4.25. The summed E-state index contributed by atoms with van der Waals surface area (Å²) in [5, 5.41) is 10.3. The number of nitrogens with one attached hydrogen (secondary N) is 1. The first-order chi connectivity index (χ1) is 14.8. The van der Waals surface area contributed by atoms with Crippen LogP contribution in [0.3, 0.4) is 0 Å². The Morgan fingerprint density at radius 3 is 2.65 bits per heavy atom. The third kappa shape index (κ3) is 4.23. The Morgan fingerprint density at radius 1 is 1.29 bits per heavy atom. The zero-order valence-corrected chi connectivity index (χ0v) is 18.7. The Morgan fingerprint density at radius 2 is 2.06 bits per heavy atom. The SMILES string of the molecule is CCOc1ccc2c(C#N)c(-c3ccc(NS(=O)(=O)C(C)C)nc3)n(CC3CC3)c2c1. The van der Waals surface area contributed by atoms with Gasteiger partial charge in [0.25, 0.3) is 0 Å². The molecule has 1 aliphatic rings. The summed E-state index contributed by atoms with van der Waals surface area (Å²) in [4.78, 5) is 4.31. The number of pyridine rings is 1. The van der Waals surface area contributed by atoms with Crippen molar-refractivity contribution in [2.75, 3.05) is 11.3 Å². The zero-order chi connectivity index (χ0) is 22.2. The highest BCUT2D eigenvalue weighted by Crippen LogP contribution is 2.39. The number of sulfonamides is 1. The van der Waals surface area contributed by atoms with Crippen molar-refractivity contribution in [3.05, 3.63) is 42.1 Å². The summed E-state index contributed by atoms with van der Waals surface area (Å²) >= 11 is 0. The van der Waals surface area contributed by atoms with Crippen molar-refractivity contribution in [1.29, 1.82) is 5.26 Å². The minimum Gasteiger partial charge on any atom is -0.494 e. The van der Waals surface area contributed by atoms with Gasteiger partial charge in [-0.3, -0.25) is 4.72 Å². The zero-order valence-electron chi connectivity index (χ0n) is 17.9. The molecular formula is C23H26N4O3S. The van der Waals surface area contributed by atoms with Gasteiger partial charge in [0.2, 0.25) is 10.0 Å². The third-order valence-corrected chi connectivity index (χ3v) is 7.24. The average Bonchev–Trinajstić information content (AvgIpc) is 3.50. The van der Waals surface area contributed by atoms with E-state index in [0.717, 1.165) is 34.5 Å². The van der Waals surface area contributed by atoms with E-state index in [1.54, 1.807) is 26.1 Å². The fraction of sp³-hybridized carbons (Fsp3) is 0.391. The summed E-state index contributed by atoms with van der Waals surface area (Å²) in [5.41, 5.74) is 3.15. The number of hydrogen-bond acceptors (Lipinski definition) is 5. The third-order valence-electron chi connectivity index (χ3n) is 5.50. The van der Waals surface area contributed by atoms with Crippen molar-refractivity contribution >= 4 is 26.7 Å². The van der Waals surface area contributed by atoms with Crippen LogP contribution in [0.2, 0.25) is 0 Å². The number of benzene rings is 1. The van der Waals surface area contributed by atoms with Crippen LogP contribution in [0.4, 0.5) is 5.82 Å². The van der Waals surface area contributed by atoms with Gasteiger partial charge in [-0.25, -0.2) is 13.4 Å². The summed E-state index contributed by atoms with van der Waals surface area (Å²) in [6.45, 7) is 6.57. The molecule has 162 valence electrons. The van der Waals surface area contributed by atoms with Crippen LogP contribution in [0, 0.1) is 17.2 Å². The lowest BCUT2D eigenvalue weighted by molar-refractivity contribution is 0.340.